The lowest BCUT2D eigenvalue weighted by Crippen LogP contribution is -2.34. The molecule has 0 saturated heterocycles. The van der Waals surface area contributed by atoms with Gasteiger partial charge in [0.05, 0.1) is 12.8 Å². The maximum absolute atomic E-state index is 12.9. The minimum Gasteiger partial charge on any atom is -0.483 e. The Morgan fingerprint density at radius 1 is 1.04 bits per heavy atom. The third kappa shape index (κ3) is 5.14. The first-order chi connectivity index (χ1) is 13.0. The fraction of sp³-hybridized carbons (Fsp3) is 0.227. The molecule has 0 aliphatic rings. The number of hydrogen-bond donors (Lipinski definition) is 0. The fourth-order valence-corrected chi connectivity index (χ4v) is 3.14. The molecule has 0 radical (unpaired) electrons. The molecule has 0 bridgehead atoms. The summed E-state index contributed by atoms with van der Waals surface area (Å²) >= 11 is 6.08. The number of para-hydroxylation sites is 1. The first-order valence-electron chi connectivity index (χ1n) is 8.76. The van der Waals surface area contributed by atoms with Crippen LogP contribution in [0.25, 0.3) is 0 Å². The minimum atomic E-state index is -0.117. The number of carbonyl (C=O) groups is 1. The van der Waals surface area contributed by atoms with Gasteiger partial charge < -0.3 is 14.1 Å². The molecule has 0 fully saturated rings. The molecule has 0 aliphatic heterocycles. The highest BCUT2D eigenvalue weighted by Gasteiger charge is 2.18. The van der Waals surface area contributed by atoms with Gasteiger partial charge in [-0.25, -0.2) is 0 Å². The van der Waals surface area contributed by atoms with Gasteiger partial charge in [0, 0.05) is 11.6 Å². The smallest absolute Gasteiger partial charge is 0.261 e. The summed E-state index contributed by atoms with van der Waals surface area (Å²) in [6.45, 7) is 4.70. The van der Waals surface area contributed by atoms with E-state index in [4.69, 9.17) is 20.8 Å². The number of nitrogens with zero attached hydrogens (tertiary/aromatic N) is 1. The molecule has 2 aromatic carbocycles. The first kappa shape index (κ1) is 19.1. The van der Waals surface area contributed by atoms with Crippen molar-refractivity contribution in [2.75, 3.05) is 6.61 Å². The average Bonchev–Trinajstić information content (AvgIpc) is 3.14. The van der Waals surface area contributed by atoms with Gasteiger partial charge in [-0.15, -0.1) is 0 Å². The zero-order valence-corrected chi connectivity index (χ0v) is 16.2. The molecule has 1 amide bonds. The third-order valence-electron chi connectivity index (χ3n) is 4.29. The van der Waals surface area contributed by atoms with E-state index in [2.05, 4.69) is 0 Å². The third-order valence-corrected chi connectivity index (χ3v) is 4.53. The molecular weight excluding hydrogens is 362 g/mol. The molecule has 140 valence electrons. The van der Waals surface area contributed by atoms with Crippen LogP contribution < -0.4 is 4.74 Å². The Balaban J connectivity index is 1.73. The monoisotopic (exact) mass is 383 g/mol. The summed E-state index contributed by atoms with van der Waals surface area (Å²) in [6.07, 6.45) is 1.60. The van der Waals surface area contributed by atoms with Crippen molar-refractivity contribution >= 4 is 17.5 Å². The van der Waals surface area contributed by atoms with Crippen molar-refractivity contribution in [3.05, 3.63) is 88.3 Å². The summed E-state index contributed by atoms with van der Waals surface area (Å²) < 4.78 is 11.3. The molecule has 0 N–H and O–H groups in total. The SMILES string of the molecule is Cc1cccc(C)c1OCC(=O)N(Cc1cccc(Cl)c1)Cc1ccco1. The molecule has 3 rings (SSSR count). The van der Waals surface area contributed by atoms with Gasteiger partial charge in [-0.05, 0) is 54.8 Å². The molecular formula is C22H22ClNO3. The van der Waals surface area contributed by atoms with E-state index < -0.39 is 0 Å². The summed E-state index contributed by atoms with van der Waals surface area (Å²) in [4.78, 5) is 14.6. The van der Waals surface area contributed by atoms with E-state index in [-0.39, 0.29) is 12.5 Å². The van der Waals surface area contributed by atoms with Gasteiger partial charge in [-0.2, -0.15) is 0 Å². The number of halogens is 1. The van der Waals surface area contributed by atoms with E-state index in [9.17, 15) is 4.79 Å². The van der Waals surface area contributed by atoms with Crippen LogP contribution in [-0.4, -0.2) is 17.4 Å². The van der Waals surface area contributed by atoms with Gasteiger partial charge >= 0.3 is 0 Å². The predicted molar refractivity (Wildman–Crippen MR) is 106 cm³/mol. The van der Waals surface area contributed by atoms with E-state index in [1.807, 2.05) is 68.4 Å². The molecule has 4 nitrogen and oxygen atoms in total. The maximum Gasteiger partial charge on any atom is 0.261 e. The molecule has 27 heavy (non-hydrogen) atoms. The van der Waals surface area contributed by atoms with Gasteiger partial charge in [0.15, 0.2) is 6.61 Å². The van der Waals surface area contributed by atoms with Gasteiger partial charge in [-0.3, -0.25) is 4.79 Å². The van der Waals surface area contributed by atoms with Crippen molar-refractivity contribution in [3.8, 4) is 5.75 Å². The molecule has 0 saturated carbocycles. The van der Waals surface area contributed by atoms with Crippen LogP contribution in [-0.2, 0) is 17.9 Å². The Morgan fingerprint density at radius 3 is 2.44 bits per heavy atom. The Labute approximate surface area is 164 Å². The highest BCUT2D eigenvalue weighted by atomic mass is 35.5. The summed E-state index contributed by atoms with van der Waals surface area (Å²) in [6, 6.07) is 17.1. The van der Waals surface area contributed by atoms with Crippen LogP contribution >= 0.6 is 11.6 Å². The largest absolute Gasteiger partial charge is 0.483 e. The second kappa shape index (κ2) is 8.78. The van der Waals surface area contributed by atoms with E-state index >= 15 is 0 Å². The Kier molecular flexibility index (Phi) is 6.20. The van der Waals surface area contributed by atoms with Crippen molar-refractivity contribution in [1.82, 2.24) is 4.90 Å². The summed E-state index contributed by atoms with van der Waals surface area (Å²) in [7, 11) is 0. The van der Waals surface area contributed by atoms with Crippen LogP contribution in [0.15, 0.2) is 65.3 Å². The van der Waals surface area contributed by atoms with Crippen LogP contribution in [0.5, 0.6) is 5.75 Å². The number of benzene rings is 2. The number of ether oxygens (including phenoxy) is 1. The highest BCUT2D eigenvalue weighted by Crippen LogP contribution is 2.22. The lowest BCUT2D eigenvalue weighted by atomic mass is 10.1. The molecule has 0 atom stereocenters. The Hall–Kier alpha value is -2.72. The zero-order valence-electron chi connectivity index (χ0n) is 15.4. The standard InChI is InChI=1S/C22H22ClNO3/c1-16-6-3-7-17(2)22(16)27-15-21(25)24(14-20-10-5-11-26-20)13-18-8-4-9-19(23)12-18/h3-12H,13-15H2,1-2H3. The van der Waals surface area contributed by atoms with E-state index in [1.165, 1.54) is 0 Å². The second-order valence-electron chi connectivity index (χ2n) is 6.47. The molecule has 0 spiro atoms. The fourth-order valence-electron chi connectivity index (χ4n) is 2.93. The van der Waals surface area contributed by atoms with Gasteiger partial charge in [0.1, 0.15) is 11.5 Å². The molecule has 3 aromatic rings. The molecule has 5 heteroatoms. The predicted octanol–water partition coefficient (Wildman–Crippen LogP) is 5.16. The van der Waals surface area contributed by atoms with Crippen molar-refractivity contribution in [2.24, 2.45) is 0 Å². The van der Waals surface area contributed by atoms with Crippen LogP contribution in [0.4, 0.5) is 0 Å². The summed E-state index contributed by atoms with van der Waals surface area (Å²) in [5.74, 6) is 1.36. The van der Waals surface area contributed by atoms with Crippen LogP contribution in [0.1, 0.15) is 22.5 Å². The van der Waals surface area contributed by atoms with Crippen LogP contribution in [0.3, 0.4) is 0 Å². The highest BCUT2D eigenvalue weighted by molar-refractivity contribution is 6.30. The van der Waals surface area contributed by atoms with Gasteiger partial charge in [-0.1, -0.05) is 41.9 Å². The second-order valence-corrected chi connectivity index (χ2v) is 6.91. The Bertz CT molecular complexity index is 885. The Morgan fingerprint density at radius 2 is 1.78 bits per heavy atom. The van der Waals surface area contributed by atoms with E-state index in [1.54, 1.807) is 11.2 Å². The molecule has 0 unspecified atom stereocenters. The zero-order chi connectivity index (χ0) is 19.2. The van der Waals surface area contributed by atoms with E-state index in [0.717, 1.165) is 28.2 Å². The van der Waals surface area contributed by atoms with Crippen molar-refractivity contribution in [2.45, 2.75) is 26.9 Å². The van der Waals surface area contributed by atoms with Gasteiger partial charge in [0.25, 0.3) is 5.91 Å². The first-order valence-corrected chi connectivity index (χ1v) is 9.14. The van der Waals surface area contributed by atoms with Crippen LogP contribution in [0, 0.1) is 13.8 Å². The number of aryl methyl sites for hydroxylation is 2. The van der Waals surface area contributed by atoms with Gasteiger partial charge in [0.2, 0.25) is 0 Å². The van der Waals surface area contributed by atoms with Crippen LogP contribution in [0.2, 0.25) is 5.02 Å². The number of rotatable bonds is 7. The summed E-state index contributed by atoms with van der Waals surface area (Å²) in [5, 5.41) is 0.643. The number of hydrogen-bond acceptors (Lipinski definition) is 3. The average molecular weight is 384 g/mol. The lowest BCUT2D eigenvalue weighted by molar-refractivity contribution is -0.134. The summed E-state index contributed by atoms with van der Waals surface area (Å²) in [5.41, 5.74) is 2.97. The molecule has 1 aromatic heterocycles. The van der Waals surface area contributed by atoms with Crippen molar-refractivity contribution in [1.29, 1.82) is 0 Å². The van der Waals surface area contributed by atoms with E-state index in [0.29, 0.717) is 18.1 Å². The number of furan rings is 1. The number of amides is 1. The topological polar surface area (TPSA) is 42.7 Å². The normalized spacial score (nSPS) is 10.6. The number of carbonyl (C=O) groups excluding carboxylic acids is 1. The minimum absolute atomic E-state index is 0.0348. The van der Waals surface area contributed by atoms with Crippen molar-refractivity contribution in [3.63, 3.8) is 0 Å². The lowest BCUT2D eigenvalue weighted by Gasteiger charge is -2.22. The molecule has 0 aliphatic carbocycles. The molecule has 1 heterocycles. The maximum atomic E-state index is 12.9. The van der Waals surface area contributed by atoms with Crippen molar-refractivity contribution < 1.29 is 13.9 Å². The quantitative estimate of drug-likeness (QED) is 0.566.